The number of methoxy groups -OCH3 is 1. The van der Waals surface area contributed by atoms with Crippen molar-refractivity contribution in [3.8, 4) is 5.88 Å². The molecule has 0 aromatic carbocycles. The van der Waals surface area contributed by atoms with E-state index in [1.807, 2.05) is 0 Å². The van der Waals surface area contributed by atoms with E-state index in [1.54, 1.807) is 13.4 Å². The first-order valence-corrected chi connectivity index (χ1v) is 7.55. The quantitative estimate of drug-likeness (QED) is 0.867. The summed E-state index contributed by atoms with van der Waals surface area (Å²) in [7, 11) is 1.78. The van der Waals surface area contributed by atoms with Gasteiger partial charge in [0.15, 0.2) is 0 Å². The highest BCUT2D eigenvalue weighted by molar-refractivity contribution is 5.48. The fraction of sp³-hybridized carbons (Fsp3) is 0.733. The Bertz CT molecular complexity index is 426. The van der Waals surface area contributed by atoms with Gasteiger partial charge in [-0.3, -0.25) is 0 Å². The molecule has 0 saturated heterocycles. The maximum atomic E-state index is 6.13. The summed E-state index contributed by atoms with van der Waals surface area (Å²) in [6.07, 6.45) is 7.24. The zero-order valence-electron chi connectivity index (χ0n) is 12.7. The van der Waals surface area contributed by atoms with Gasteiger partial charge in [-0.05, 0) is 32.6 Å². The summed E-state index contributed by atoms with van der Waals surface area (Å²) in [5, 5.41) is 3.27. The zero-order chi connectivity index (χ0) is 14.4. The lowest BCUT2D eigenvalue weighted by molar-refractivity contribution is 0.0192. The highest BCUT2D eigenvalue weighted by Crippen LogP contribution is 2.28. The van der Waals surface area contributed by atoms with Gasteiger partial charge in [-0.1, -0.05) is 6.92 Å². The van der Waals surface area contributed by atoms with Crippen LogP contribution < -0.4 is 10.1 Å². The summed E-state index contributed by atoms with van der Waals surface area (Å²) >= 11 is 0. The second-order valence-corrected chi connectivity index (χ2v) is 5.15. The summed E-state index contributed by atoms with van der Waals surface area (Å²) in [6.45, 7) is 5.01. The van der Waals surface area contributed by atoms with Crippen molar-refractivity contribution in [1.29, 1.82) is 0 Å². The topological polar surface area (TPSA) is 56.3 Å². The van der Waals surface area contributed by atoms with Gasteiger partial charge in [0, 0.05) is 20.1 Å². The van der Waals surface area contributed by atoms with Crippen molar-refractivity contribution in [1.82, 2.24) is 9.97 Å². The van der Waals surface area contributed by atoms with Gasteiger partial charge in [0.05, 0.1) is 11.7 Å². The molecule has 0 spiro atoms. The van der Waals surface area contributed by atoms with Crippen LogP contribution in [0.2, 0.25) is 0 Å². The van der Waals surface area contributed by atoms with Gasteiger partial charge in [-0.2, -0.15) is 0 Å². The minimum Gasteiger partial charge on any atom is -0.474 e. The molecule has 5 nitrogen and oxygen atoms in total. The number of rotatable bonds is 6. The van der Waals surface area contributed by atoms with Crippen molar-refractivity contribution in [3.05, 3.63) is 11.9 Å². The number of hydrogen-bond acceptors (Lipinski definition) is 5. The zero-order valence-corrected chi connectivity index (χ0v) is 12.7. The van der Waals surface area contributed by atoms with Crippen LogP contribution in [0.1, 0.15) is 45.1 Å². The predicted molar refractivity (Wildman–Crippen MR) is 79.3 cm³/mol. The van der Waals surface area contributed by atoms with Crippen LogP contribution >= 0.6 is 0 Å². The fourth-order valence-electron chi connectivity index (χ4n) is 2.72. The van der Waals surface area contributed by atoms with Crippen molar-refractivity contribution in [2.45, 2.75) is 58.2 Å². The molecule has 1 aromatic rings. The molecule has 1 aromatic heterocycles. The van der Waals surface area contributed by atoms with Crippen LogP contribution in [0.25, 0.3) is 0 Å². The van der Waals surface area contributed by atoms with Crippen molar-refractivity contribution in [2.75, 3.05) is 19.0 Å². The average molecular weight is 279 g/mol. The lowest BCUT2D eigenvalue weighted by Gasteiger charge is -2.29. The van der Waals surface area contributed by atoms with E-state index in [0.29, 0.717) is 6.10 Å². The smallest absolute Gasteiger partial charge is 0.222 e. The van der Waals surface area contributed by atoms with E-state index >= 15 is 0 Å². The molecule has 1 aliphatic carbocycles. The van der Waals surface area contributed by atoms with Crippen LogP contribution in [-0.2, 0) is 11.2 Å². The maximum Gasteiger partial charge on any atom is 0.222 e. The molecule has 1 heterocycles. The molecule has 2 unspecified atom stereocenters. The van der Waals surface area contributed by atoms with Gasteiger partial charge in [0.2, 0.25) is 5.88 Å². The lowest BCUT2D eigenvalue weighted by Crippen LogP contribution is -2.30. The summed E-state index contributed by atoms with van der Waals surface area (Å²) in [6, 6.07) is 0. The van der Waals surface area contributed by atoms with Crippen molar-refractivity contribution in [3.63, 3.8) is 0 Å². The Morgan fingerprint density at radius 2 is 2.05 bits per heavy atom. The predicted octanol–water partition coefficient (Wildman–Crippen LogP) is 2.81. The minimum atomic E-state index is 0.198. The summed E-state index contributed by atoms with van der Waals surface area (Å²) in [5.41, 5.74) is 1.06. The highest BCUT2D eigenvalue weighted by Gasteiger charge is 2.24. The van der Waals surface area contributed by atoms with E-state index < -0.39 is 0 Å². The Labute approximate surface area is 121 Å². The van der Waals surface area contributed by atoms with Gasteiger partial charge < -0.3 is 14.8 Å². The number of nitrogens with zero attached hydrogens (tertiary/aromatic N) is 2. The Hall–Kier alpha value is -1.36. The first kappa shape index (κ1) is 15.0. The minimum absolute atomic E-state index is 0.198. The second kappa shape index (κ2) is 7.43. The van der Waals surface area contributed by atoms with Crippen molar-refractivity contribution >= 4 is 5.82 Å². The standard InChI is InChI=1S/C15H25N3O2/c1-4-13-14(16-5-2)17-10-18-15(13)20-12-8-6-7-11(9-12)19-3/h10-12H,4-9H2,1-3H3,(H,16,17,18). The summed E-state index contributed by atoms with van der Waals surface area (Å²) in [4.78, 5) is 8.62. The average Bonchev–Trinajstić information content (AvgIpc) is 2.48. The Kier molecular flexibility index (Phi) is 5.59. The molecule has 1 aliphatic rings. The van der Waals surface area contributed by atoms with E-state index in [4.69, 9.17) is 9.47 Å². The van der Waals surface area contributed by atoms with E-state index in [2.05, 4.69) is 29.1 Å². The lowest BCUT2D eigenvalue weighted by atomic mass is 9.95. The molecule has 0 radical (unpaired) electrons. The number of nitrogens with one attached hydrogen (secondary N) is 1. The third-order valence-corrected chi connectivity index (χ3v) is 3.79. The summed E-state index contributed by atoms with van der Waals surface area (Å²) < 4.78 is 11.6. The van der Waals surface area contributed by atoms with Crippen molar-refractivity contribution in [2.24, 2.45) is 0 Å². The molecule has 2 atom stereocenters. The fourth-order valence-corrected chi connectivity index (χ4v) is 2.72. The highest BCUT2D eigenvalue weighted by atomic mass is 16.5. The second-order valence-electron chi connectivity index (χ2n) is 5.15. The van der Waals surface area contributed by atoms with Crippen LogP contribution in [0.3, 0.4) is 0 Å². The molecule has 1 fully saturated rings. The monoisotopic (exact) mass is 279 g/mol. The van der Waals surface area contributed by atoms with Crippen LogP contribution in [0.5, 0.6) is 5.88 Å². The third-order valence-electron chi connectivity index (χ3n) is 3.79. The van der Waals surface area contributed by atoms with E-state index in [1.165, 1.54) is 0 Å². The molecule has 5 heteroatoms. The number of hydrogen-bond donors (Lipinski definition) is 1. The van der Waals surface area contributed by atoms with Crippen LogP contribution in [0, 0.1) is 0 Å². The van der Waals surface area contributed by atoms with E-state index in [-0.39, 0.29) is 6.10 Å². The molecule has 2 rings (SSSR count). The Balaban J connectivity index is 2.10. The molecule has 0 bridgehead atoms. The number of ether oxygens (including phenoxy) is 2. The van der Waals surface area contributed by atoms with Gasteiger partial charge in [0.25, 0.3) is 0 Å². The largest absolute Gasteiger partial charge is 0.474 e. The maximum absolute atomic E-state index is 6.13. The van der Waals surface area contributed by atoms with E-state index in [9.17, 15) is 0 Å². The van der Waals surface area contributed by atoms with Gasteiger partial charge in [0.1, 0.15) is 18.2 Å². The van der Waals surface area contributed by atoms with Crippen LogP contribution in [0.4, 0.5) is 5.82 Å². The molecule has 112 valence electrons. The molecule has 1 N–H and O–H groups in total. The van der Waals surface area contributed by atoms with Crippen LogP contribution in [0.15, 0.2) is 6.33 Å². The number of aromatic nitrogens is 2. The first-order valence-electron chi connectivity index (χ1n) is 7.55. The number of anilines is 1. The van der Waals surface area contributed by atoms with Gasteiger partial charge in [-0.25, -0.2) is 9.97 Å². The molecule has 0 amide bonds. The van der Waals surface area contributed by atoms with E-state index in [0.717, 1.165) is 55.9 Å². The van der Waals surface area contributed by atoms with Gasteiger partial charge in [-0.15, -0.1) is 0 Å². The summed E-state index contributed by atoms with van der Waals surface area (Å²) in [5.74, 6) is 1.61. The molecule has 0 aliphatic heterocycles. The third kappa shape index (κ3) is 3.60. The molecule has 20 heavy (non-hydrogen) atoms. The molecular weight excluding hydrogens is 254 g/mol. The SMILES string of the molecule is CCNc1ncnc(OC2CCCC(OC)C2)c1CC. The Morgan fingerprint density at radius 3 is 2.75 bits per heavy atom. The first-order chi connectivity index (χ1) is 9.78. The van der Waals surface area contributed by atoms with Crippen molar-refractivity contribution < 1.29 is 9.47 Å². The normalized spacial score (nSPS) is 22.6. The Morgan fingerprint density at radius 1 is 1.25 bits per heavy atom. The molecule has 1 saturated carbocycles. The van der Waals surface area contributed by atoms with Gasteiger partial charge >= 0.3 is 0 Å². The molecular formula is C15H25N3O2. The van der Waals surface area contributed by atoms with Crippen LogP contribution in [-0.4, -0.2) is 35.8 Å².